The fraction of sp³-hybridized carbons (Fsp3) is 0.533. The summed E-state index contributed by atoms with van der Waals surface area (Å²) in [6, 6.07) is 1.93. The first-order valence-corrected chi connectivity index (χ1v) is 7.51. The molecule has 0 atom stereocenters. The summed E-state index contributed by atoms with van der Waals surface area (Å²) in [6.07, 6.45) is 6.09. The third-order valence-electron chi connectivity index (χ3n) is 3.68. The van der Waals surface area contributed by atoms with E-state index in [2.05, 4.69) is 21.9 Å². The van der Waals surface area contributed by atoms with Crippen molar-refractivity contribution in [3.05, 3.63) is 18.1 Å². The molecular weight excluding hydrogens is 268 g/mol. The molecule has 1 N–H and O–H groups in total. The lowest BCUT2D eigenvalue weighted by atomic mass is 10.2. The van der Waals surface area contributed by atoms with E-state index in [4.69, 9.17) is 4.74 Å². The fourth-order valence-electron chi connectivity index (χ4n) is 2.56. The summed E-state index contributed by atoms with van der Waals surface area (Å²) in [5.41, 5.74) is 1.69. The Kier molecular flexibility index (Phi) is 4.15. The maximum absolute atomic E-state index is 12.1. The Bertz CT molecular complexity index is 638. The maximum Gasteiger partial charge on any atom is 0.254 e. The van der Waals surface area contributed by atoms with E-state index in [1.807, 2.05) is 12.3 Å². The number of rotatable bonds is 5. The number of morpholine rings is 1. The van der Waals surface area contributed by atoms with Gasteiger partial charge in [-0.05, 0) is 12.5 Å². The van der Waals surface area contributed by atoms with Crippen LogP contribution in [0.2, 0.25) is 0 Å². The molecule has 1 amide bonds. The molecule has 6 nitrogen and oxygen atoms in total. The van der Waals surface area contributed by atoms with E-state index in [0.717, 1.165) is 29.7 Å². The molecule has 6 heteroatoms. The van der Waals surface area contributed by atoms with Gasteiger partial charge in [-0.25, -0.2) is 9.97 Å². The number of unbranched alkanes of at least 4 members (excludes halogenated alkanes) is 2. The molecule has 1 saturated heterocycles. The zero-order chi connectivity index (χ0) is 14.7. The van der Waals surface area contributed by atoms with Gasteiger partial charge in [-0.15, -0.1) is 0 Å². The number of hydrogen-bond donors (Lipinski definition) is 1. The monoisotopic (exact) mass is 288 g/mol. The van der Waals surface area contributed by atoms with Gasteiger partial charge >= 0.3 is 0 Å². The lowest BCUT2D eigenvalue weighted by molar-refractivity contribution is -0.125. The largest absolute Gasteiger partial charge is 0.370 e. The number of aryl methyl sites for hydroxylation is 1. The van der Waals surface area contributed by atoms with Crippen molar-refractivity contribution in [3.63, 3.8) is 0 Å². The van der Waals surface area contributed by atoms with Gasteiger partial charge in [-0.2, -0.15) is 0 Å². The van der Waals surface area contributed by atoms with Gasteiger partial charge < -0.3 is 9.72 Å². The van der Waals surface area contributed by atoms with E-state index in [1.54, 1.807) is 4.90 Å². The number of carbonyl (C=O) groups is 1. The van der Waals surface area contributed by atoms with Gasteiger partial charge in [0, 0.05) is 12.6 Å². The number of anilines is 1. The van der Waals surface area contributed by atoms with Crippen LogP contribution in [0.5, 0.6) is 0 Å². The number of nitrogens with zero attached hydrogens (tertiary/aromatic N) is 3. The lowest BCUT2D eigenvalue weighted by Crippen LogP contribution is -2.42. The van der Waals surface area contributed by atoms with E-state index in [0.29, 0.717) is 19.0 Å². The third kappa shape index (κ3) is 2.90. The summed E-state index contributed by atoms with van der Waals surface area (Å²) < 4.78 is 5.19. The van der Waals surface area contributed by atoms with Gasteiger partial charge in [0.25, 0.3) is 5.91 Å². The number of hydrogen-bond acceptors (Lipinski definition) is 4. The molecule has 2 aromatic rings. The summed E-state index contributed by atoms with van der Waals surface area (Å²) >= 11 is 0. The molecule has 1 fully saturated rings. The van der Waals surface area contributed by atoms with E-state index in [-0.39, 0.29) is 12.5 Å². The zero-order valence-corrected chi connectivity index (χ0v) is 12.3. The minimum Gasteiger partial charge on any atom is -0.370 e. The van der Waals surface area contributed by atoms with Crippen molar-refractivity contribution < 1.29 is 9.53 Å². The molecule has 0 aliphatic carbocycles. The highest BCUT2D eigenvalue weighted by Crippen LogP contribution is 2.24. The molecule has 0 radical (unpaired) electrons. The predicted octanol–water partition coefficient (Wildman–Crippen LogP) is 2.05. The summed E-state index contributed by atoms with van der Waals surface area (Å²) in [7, 11) is 0. The zero-order valence-electron chi connectivity index (χ0n) is 12.3. The summed E-state index contributed by atoms with van der Waals surface area (Å²) in [6.45, 7) is 3.38. The molecule has 2 aromatic heterocycles. The number of H-pyrrole nitrogens is 1. The van der Waals surface area contributed by atoms with Crippen molar-refractivity contribution >= 4 is 22.8 Å². The van der Waals surface area contributed by atoms with Gasteiger partial charge in [0.1, 0.15) is 17.9 Å². The Morgan fingerprint density at radius 1 is 1.38 bits per heavy atom. The van der Waals surface area contributed by atoms with E-state index < -0.39 is 0 Å². The first-order chi connectivity index (χ1) is 10.3. The Morgan fingerprint density at radius 2 is 2.29 bits per heavy atom. The summed E-state index contributed by atoms with van der Waals surface area (Å²) in [5.74, 6) is 1.45. The number of aromatic amines is 1. The molecule has 0 spiro atoms. The second kappa shape index (κ2) is 6.22. The normalized spacial score (nSPS) is 15.9. The van der Waals surface area contributed by atoms with Crippen LogP contribution in [0.3, 0.4) is 0 Å². The fourth-order valence-corrected chi connectivity index (χ4v) is 2.56. The summed E-state index contributed by atoms with van der Waals surface area (Å²) in [5, 5.41) is 0. The number of amides is 1. The molecule has 1 aliphatic rings. The van der Waals surface area contributed by atoms with Crippen LogP contribution in [0.1, 0.15) is 32.0 Å². The van der Waals surface area contributed by atoms with Crippen molar-refractivity contribution in [3.8, 4) is 0 Å². The van der Waals surface area contributed by atoms with Crippen LogP contribution in [0.25, 0.3) is 11.0 Å². The quantitative estimate of drug-likeness (QED) is 0.855. The van der Waals surface area contributed by atoms with Crippen molar-refractivity contribution in [2.24, 2.45) is 0 Å². The molecule has 21 heavy (non-hydrogen) atoms. The van der Waals surface area contributed by atoms with Crippen LogP contribution in [0.15, 0.2) is 12.3 Å². The van der Waals surface area contributed by atoms with Crippen molar-refractivity contribution in [2.45, 2.75) is 32.6 Å². The van der Waals surface area contributed by atoms with Gasteiger partial charge in [0.05, 0.1) is 18.7 Å². The molecule has 3 rings (SSSR count). The van der Waals surface area contributed by atoms with Crippen LogP contribution in [-0.2, 0) is 16.0 Å². The van der Waals surface area contributed by atoms with Gasteiger partial charge in [-0.3, -0.25) is 9.69 Å². The highest BCUT2D eigenvalue weighted by molar-refractivity contribution is 6.00. The van der Waals surface area contributed by atoms with Crippen LogP contribution >= 0.6 is 0 Å². The topological polar surface area (TPSA) is 71.1 Å². The van der Waals surface area contributed by atoms with Crippen LogP contribution in [0.4, 0.5) is 5.82 Å². The molecule has 3 heterocycles. The van der Waals surface area contributed by atoms with E-state index >= 15 is 0 Å². The standard InChI is InChI=1S/C15H20N4O2/c1-2-3-4-5-12-17-11-6-7-16-14(11)15(18-12)19-8-9-21-10-13(19)20/h6-7,16H,2-5,8-10H2,1H3. The first kappa shape index (κ1) is 14.0. The number of ether oxygens (including phenoxy) is 1. The van der Waals surface area contributed by atoms with Crippen molar-refractivity contribution in [1.29, 1.82) is 0 Å². The second-order valence-electron chi connectivity index (χ2n) is 5.26. The van der Waals surface area contributed by atoms with E-state index in [1.165, 1.54) is 12.8 Å². The minimum atomic E-state index is -0.0460. The molecule has 1 aliphatic heterocycles. The smallest absolute Gasteiger partial charge is 0.254 e. The Balaban J connectivity index is 1.95. The first-order valence-electron chi connectivity index (χ1n) is 7.51. The predicted molar refractivity (Wildman–Crippen MR) is 80.3 cm³/mol. The van der Waals surface area contributed by atoms with Crippen molar-refractivity contribution in [1.82, 2.24) is 15.0 Å². The number of carbonyl (C=O) groups excluding carboxylic acids is 1. The highest BCUT2D eigenvalue weighted by Gasteiger charge is 2.24. The average Bonchev–Trinajstić information content (AvgIpc) is 2.96. The number of fused-ring (bicyclic) bond motifs is 1. The minimum absolute atomic E-state index is 0.0460. The number of aromatic nitrogens is 3. The maximum atomic E-state index is 12.1. The highest BCUT2D eigenvalue weighted by atomic mass is 16.5. The molecular formula is C15H20N4O2. The SMILES string of the molecule is CCCCCc1nc(N2CCOCC2=O)c2[nH]ccc2n1. The van der Waals surface area contributed by atoms with Crippen LogP contribution < -0.4 is 4.90 Å². The molecule has 0 aromatic carbocycles. The lowest BCUT2D eigenvalue weighted by Gasteiger charge is -2.26. The molecule has 0 bridgehead atoms. The third-order valence-corrected chi connectivity index (χ3v) is 3.68. The summed E-state index contributed by atoms with van der Waals surface area (Å²) in [4.78, 5) is 26.1. The average molecular weight is 288 g/mol. The Morgan fingerprint density at radius 3 is 3.10 bits per heavy atom. The molecule has 0 unspecified atom stereocenters. The van der Waals surface area contributed by atoms with Crippen LogP contribution in [0, 0.1) is 0 Å². The van der Waals surface area contributed by atoms with Crippen molar-refractivity contribution in [2.75, 3.05) is 24.7 Å². The van der Waals surface area contributed by atoms with Crippen LogP contribution in [-0.4, -0.2) is 40.6 Å². The van der Waals surface area contributed by atoms with Gasteiger partial charge in [0.2, 0.25) is 0 Å². The van der Waals surface area contributed by atoms with Gasteiger partial charge in [-0.1, -0.05) is 19.8 Å². The second-order valence-corrected chi connectivity index (χ2v) is 5.26. The number of nitrogens with one attached hydrogen (secondary N) is 1. The Hall–Kier alpha value is -1.95. The Labute approximate surface area is 123 Å². The molecule has 0 saturated carbocycles. The van der Waals surface area contributed by atoms with E-state index in [9.17, 15) is 4.79 Å². The van der Waals surface area contributed by atoms with Gasteiger partial charge in [0.15, 0.2) is 5.82 Å². The molecule has 112 valence electrons.